The van der Waals surface area contributed by atoms with Gasteiger partial charge in [0.1, 0.15) is 0 Å². The molecule has 1 heterocycles. The van der Waals surface area contributed by atoms with E-state index in [0.717, 1.165) is 6.42 Å². The lowest BCUT2D eigenvalue weighted by Gasteiger charge is -2.10. The minimum Gasteiger partial charge on any atom is -0.361 e. The van der Waals surface area contributed by atoms with E-state index in [1.165, 1.54) is 17.5 Å². The standard InChI is InChI=1S/C9H10N2/c10-6-7-1-2-9-8(5-7)3-4-11-9/h1-4,6-7,10-11H,5H2. The predicted octanol–water partition coefficient (Wildman–Crippen LogP) is 1.85. The molecule has 0 aliphatic heterocycles. The van der Waals surface area contributed by atoms with Gasteiger partial charge >= 0.3 is 0 Å². The average Bonchev–Trinajstić information content (AvgIpc) is 2.50. The molecule has 2 N–H and O–H groups in total. The van der Waals surface area contributed by atoms with Crippen LogP contribution in [0.2, 0.25) is 0 Å². The van der Waals surface area contributed by atoms with Gasteiger partial charge in [0.15, 0.2) is 0 Å². The van der Waals surface area contributed by atoms with Crippen LogP contribution in [0.25, 0.3) is 6.08 Å². The molecule has 0 radical (unpaired) electrons. The second-order valence-corrected chi connectivity index (χ2v) is 2.81. The zero-order chi connectivity index (χ0) is 7.68. The van der Waals surface area contributed by atoms with Crippen molar-refractivity contribution in [3.05, 3.63) is 29.6 Å². The van der Waals surface area contributed by atoms with Crippen molar-refractivity contribution in [2.24, 2.45) is 5.92 Å². The zero-order valence-electron chi connectivity index (χ0n) is 6.17. The molecule has 56 valence electrons. The maximum absolute atomic E-state index is 7.11. The van der Waals surface area contributed by atoms with Crippen LogP contribution in [0.3, 0.4) is 0 Å². The van der Waals surface area contributed by atoms with Crippen LogP contribution in [0.15, 0.2) is 18.3 Å². The van der Waals surface area contributed by atoms with Crippen LogP contribution >= 0.6 is 0 Å². The first-order valence-electron chi connectivity index (χ1n) is 3.75. The number of aromatic nitrogens is 1. The molecule has 1 aromatic rings. The van der Waals surface area contributed by atoms with E-state index in [1.54, 1.807) is 0 Å². The SMILES string of the molecule is N=CC1C=Cc2[nH]ccc2C1. The van der Waals surface area contributed by atoms with Gasteiger partial charge in [-0.1, -0.05) is 6.08 Å². The maximum atomic E-state index is 7.11. The third-order valence-corrected chi connectivity index (χ3v) is 2.05. The molecule has 0 saturated heterocycles. The Kier molecular flexibility index (Phi) is 1.39. The highest BCUT2D eigenvalue weighted by molar-refractivity contribution is 5.67. The molecular weight excluding hydrogens is 136 g/mol. The van der Waals surface area contributed by atoms with Crippen molar-refractivity contribution in [1.29, 1.82) is 5.41 Å². The van der Waals surface area contributed by atoms with Crippen molar-refractivity contribution in [3.8, 4) is 0 Å². The quantitative estimate of drug-likeness (QED) is 0.568. The molecule has 1 aliphatic carbocycles. The number of hydrogen-bond donors (Lipinski definition) is 2. The summed E-state index contributed by atoms with van der Waals surface area (Å²) in [5, 5.41) is 7.11. The van der Waals surface area contributed by atoms with Crippen LogP contribution < -0.4 is 0 Å². The average molecular weight is 146 g/mol. The Bertz CT molecular complexity index is 296. The first-order chi connectivity index (χ1) is 5.40. The summed E-state index contributed by atoms with van der Waals surface area (Å²) in [5.74, 6) is 0.304. The molecule has 2 heteroatoms. The van der Waals surface area contributed by atoms with E-state index in [0.29, 0.717) is 5.92 Å². The first-order valence-corrected chi connectivity index (χ1v) is 3.75. The number of rotatable bonds is 1. The van der Waals surface area contributed by atoms with Gasteiger partial charge in [0, 0.05) is 24.0 Å². The summed E-state index contributed by atoms with van der Waals surface area (Å²) in [5.41, 5.74) is 2.52. The van der Waals surface area contributed by atoms with E-state index in [2.05, 4.69) is 23.2 Å². The second kappa shape index (κ2) is 2.38. The largest absolute Gasteiger partial charge is 0.361 e. The van der Waals surface area contributed by atoms with Crippen molar-refractivity contribution in [3.63, 3.8) is 0 Å². The number of hydrogen-bond acceptors (Lipinski definition) is 1. The van der Waals surface area contributed by atoms with Gasteiger partial charge in [-0.2, -0.15) is 0 Å². The van der Waals surface area contributed by atoms with E-state index in [1.807, 2.05) is 6.20 Å². The Labute approximate surface area is 65.5 Å². The van der Waals surface area contributed by atoms with Crippen LogP contribution in [0, 0.1) is 11.3 Å². The van der Waals surface area contributed by atoms with Crippen LogP contribution in [-0.2, 0) is 6.42 Å². The second-order valence-electron chi connectivity index (χ2n) is 2.81. The minimum atomic E-state index is 0.304. The lowest BCUT2D eigenvalue weighted by Crippen LogP contribution is -2.06. The molecule has 1 aromatic heterocycles. The summed E-state index contributed by atoms with van der Waals surface area (Å²) in [7, 11) is 0. The molecule has 1 aliphatic rings. The number of aromatic amines is 1. The van der Waals surface area contributed by atoms with Gasteiger partial charge in [0.2, 0.25) is 0 Å². The van der Waals surface area contributed by atoms with Crippen molar-refractivity contribution in [2.45, 2.75) is 6.42 Å². The van der Waals surface area contributed by atoms with Gasteiger partial charge < -0.3 is 10.4 Å². The van der Waals surface area contributed by atoms with Crippen LogP contribution in [0.4, 0.5) is 0 Å². The fourth-order valence-corrected chi connectivity index (χ4v) is 1.40. The third kappa shape index (κ3) is 1.00. The smallest absolute Gasteiger partial charge is 0.0410 e. The Morgan fingerprint density at radius 3 is 3.36 bits per heavy atom. The summed E-state index contributed by atoms with van der Waals surface area (Å²) in [6.45, 7) is 0. The normalized spacial score (nSPS) is 21.3. The van der Waals surface area contributed by atoms with Crippen LogP contribution in [0.5, 0.6) is 0 Å². The highest BCUT2D eigenvalue weighted by Crippen LogP contribution is 2.19. The van der Waals surface area contributed by atoms with Gasteiger partial charge in [-0.15, -0.1) is 0 Å². The van der Waals surface area contributed by atoms with Crippen molar-refractivity contribution < 1.29 is 0 Å². The Morgan fingerprint density at radius 2 is 2.55 bits per heavy atom. The Morgan fingerprint density at radius 1 is 1.64 bits per heavy atom. The summed E-state index contributed by atoms with van der Waals surface area (Å²) >= 11 is 0. The minimum absolute atomic E-state index is 0.304. The van der Waals surface area contributed by atoms with Gasteiger partial charge in [-0.05, 0) is 24.1 Å². The summed E-state index contributed by atoms with van der Waals surface area (Å²) in [6.07, 6.45) is 8.52. The van der Waals surface area contributed by atoms with Crippen molar-refractivity contribution >= 4 is 12.3 Å². The monoisotopic (exact) mass is 146 g/mol. The fraction of sp³-hybridized carbons (Fsp3) is 0.222. The number of fused-ring (bicyclic) bond motifs is 1. The van der Waals surface area contributed by atoms with Crippen molar-refractivity contribution in [2.75, 3.05) is 0 Å². The van der Waals surface area contributed by atoms with Gasteiger partial charge in [-0.25, -0.2) is 0 Å². The summed E-state index contributed by atoms with van der Waals surface area (Å²) < 4.78 is 0. The Hall–Kier alpha value is -1.31. The summed E-state index contributed by atoms with van der Waals surface area (Å²) in [6, 6.07) is 2.08. The summed E-state index contributed by atoms with van der Waals surface area (Å²) in [4.78, 5) is 3.14. The van der Waals surface area contributed by atoms with E-state index in [9.17, 15) is 0 Å². The number of allylic oxidation sites excluding steroid dienone is 1. The van der Waals surface area contributed by atoms with Crippen LogP contribution in [0.1, 0.15) is 11.3 Å². The molecule has 0 fully saturated rings. The first kappa shape index (κ1) is 6.40. The molecule has 0 spiro atoms. The van der Waals surface area contributed by atoms with Crippen molar-refractivity contribution in [1.82, 2.24) is 4.98 Å². The van der Waals surface area contributed by atoms with Gasteiger partial charge in [0.25, 0.3) is 0 Å². The maximum Gasteiger partial charge on any atom is 0.0410 e. The van der Waals surface area contributed by atoms with Crippen LogP contribution in [-0.4, -0.2) is 11.2 Å². The molecule has 0 bridgehead atoms. The molecule has 11 heavy (non-hydrogen) atoms. The van der Waals surface area contributed by atoms with E-state index >= 15 is 0 Å². The highest BCUT2D eigenvalue weighted by atomic mass is 14.7. The zero-order valence-corrected chi connectivity index (χ0v) is 6.17. The highest BCUT2D eigenvalue weighted by Gasteiger charge is 2.11. The third-order valence-electron chi connectivity index (χ3n) is 2.05. The number of H-pyrrole nitrogens is 1. The predicted molar refractivity (Wildman–Crippen MR) is 45.8 cm³/mol. The molecule has 1 unspecified atom stereocenters. The molecular formula is C9H10N2. The van der Waals surface area contributed by atoms with E-state index in [-0.39, 0.29) is 0 Å². The van der Waals surface area contributed by atoms with Gasteiger partial charge in [-0.3, -0.25) is 0 Å². The van der Waals surface area contributed by atoms with E-state index < -0.39 is 0 Å². The Balaban J connectivity index is 2.35. The lowest BCUT2D eigenvalue weighted by atomic mass is 9.95. The molecule has 2 nitrogen and oxygen atoms in total. The molecule has 0 amide bonds. The molecule has 0 saturated carbocycles. The molecule has 1 atom stereocenters. The molecule has 2 rings (SSSR count). The van der Waals surface area contributed by atoms with E-state index in [4.69, 9.17) is 5.41 Å². The lowest BCUT2D eigenvalue weighted by molar-refractivity contribution is 0.851. The molecule has 0 aromatic carbocycles. The fourth-order valence-electron chi connectivity index (χ4n) is 1.40. The topological polar surface area (TPSA) is 39.6 Å². The number of nitrogens with one attached hydrogen (secondary N) is 2. The van der Waals surface area contributed by atoms with Gasteiger partial charge in [0.05, 0.1) is 0 Å².